The third-order valence-corrected chi connectivity index (χ3v) is 13.6. The summed E-state index contributed by atoms with van der Waals surface area (Å²) in [6.45, 7) is 20.8. The Kier molecular flexibility index (Phi) is 6.14. The Bertz CT molecular complexity index is 895. The zero-order valence-electron chi connectivity index (χ0n) is 24.7. The summed E-state index contributed by atoms with van der Waals surface area (Å²) in [6.07, 6.45) is 11.4. The number of hydrogen-bond acceptors (Lipinski definition) is 4. The average molecular weight is 503 g/mol. The van der Waals surface area contributed by atoms with Crippen molar-refractivity contribution in [2.75, 3.05) is 0 Å². The standard InChI is InChI=1S/C32H54O4/c1-20(33)35-26-15-16-29(6)23(27(26,2)3)13-18-31(8)24(29)11-10-21-22(12-17-30(21,31)7)32(9)19-14-25(34)28(4,5)36-32/h21-26,34H,10-19H2,1-9H3/t21-,22+,23+,24-,25+,26+,29+,30-,31-,32+/m1/s1. The molecule has 4 aliphatic carbocycles. The Morgan fingerprint density at radius 2 is 1.42 bits per heavy atom. The fourth-order valence-corrected chi connectivity index (χ4v) is 11.6. The fourth-order valence-electron chi connectivity index (χ4n) is 11.6. The molecular weight excluding hydrogens is 448 g/mol. The van der Waals surface area contributed by atoms with Gasteiger partial charge in [-0.1, -0.05) is 34.6 Å². The second-order valence-corrected chi connectivity index (χ2v) is 15.8. The molecule has 5 fully saturated rings. The van der Waals surface area contributed by atoms with Gasteiger partial charge in [0, 0.05) is 12.3 Å². The molecule has 10 atom stereocenters. The van der Waals surface area contributed by atoms with Gasteiger partial charge < -0.3 is 14.6 Å². The van der Waals surface area contributed by atoms with E-state index >= 15 is 0 Å². The van der Waals surface area contributed by atoms with Crippen molar-refractivity contribution in [1.29, 1.82) is 0 Å². The molecule has 0 aromatic rings. The number of aliphatic hydroxyl groups is 1. The number of esters is 1. The molecular formula is C32H54O4. The molecule has 5 rings (SSSR count). The lowest BCUT2D eigenvalue weighted by Gasteiger charge is -2.70. The van der Waals surface area contributed by atoms with E-state index in [1.807, 2.05) is 0 Å². The van der Waals surface area contributed by atoms with E-state index in [9.17, 15) is 9.90 Å². The van der Waals surface area contributed by atoms with Gasteiger partial charge in [-0.05, 0) is 125 Å². The van der Waals surface area contributed by atoms with Crippen LogP contribution in [0.15, 0.2) is 0 Å². The summed E-state index contributed by atoms with van der Waals surface area (Å²) >= 11 is 0. The van der Waals surface area contributed by atoms with Crippen LogP contribution in [0.25, 0.3) is 0 Å². The van der Waals surface area contributed by atoms with Gasteiger partial charge >= 0.3 is 5.97 Å². The van der Waals surface area contributed by atoms with E-state index in [-0.39, 0.29) is 29.2 Å². The van der Waals surface area contributed by atoms with Gasteiger partial charge in [0.05, 0.1) is 17.3 Å². The summed E-state index contributed by atoms with van der Waals surface area (Å²) in [5.41, 5.74) is 0.380. The minimum absolute atomic E-state index is 0.0196. The number of aliphatic hydroxyl groups excluding tert-OH is 1. The van der Waals surface area contributed by atoms with Gasteiger partial charge in [-0.25, -0.2) is 0 Å². The van der Waals surface area contributed by atoms with Crippen LogP contribution < -0.4 is 0 Å². The normalized spacial score (nSPS) is 53.6. The number of hydrogen-bond donors (Lipinski definition) is 1. The molecule has 0 aromatic carbocycles. The van der Waals surface area contributed by atoms with Crippen molar-refractivity contribution in [2.24, 2.45) is 45.3 Å². The zero-order valence-corrected chi connectivity index (χ0v) is 24.7. The summed E-state index contributed by atoms with van der Waals surface area (Å²) in [6, 6.07) is 0. The highest BCUT2D eigenvalue weighted by atomic mass is 16.5. The van der Waals surface area contributed by atoms with Gasteiger partial charge in [0.15, 0.2) is 0 Å². The molecule has 1 saturated heterocycles. The predicted molar refractivity (Wildman–Crippen MR) is 143 cm³/mol. The van der Waals surface area contributed by atoms with Gasteiger partial charge in [-0.3, -0.25) is 4.79 Å². The highest BCUT2D eigenvalue weighted by Gasteiger charge is 2.70. The molecule has 4 heteroatoms. The number of ether oxygens (including phenoxy) is 2. The summed E-state index contributed by atoms with van der Waals surface area (Å²) < 4.78 is 12.7. The Labute approximate surface area is 220 Å². The summed E-state index contributed by atoms with van der Waals surface area (Å²) in [5, 5.41) is 10.6. The second-order valence-electron chi connectivity index (χ2n) is 15.8. The van der Waals surface area contributed by atoms with Crippen LogP contribution in [0.3, 0.4) is 0 Å². The van der Waals surface area contributed by atoms with Crippen LogP contribution in [0.5, 0.6) is 0 Å². The van der Waals surface area contributed by atoms with E-state index in [4.69, 9.17) is 9.47 Å². The topological polar surface area (TPSA) is 55.8 Å². The highest BCUT2D eigenvalue weighted by molar-refractivity contribution is 5.66. The predicted octanol–water partition coefficient (Wildman–Crippen LogP) is 7.31. The van der Waals surface area contributed by atoms with E-state index in [0.717, 1.165) is 25.2 Å². The molecule has 4 saturated carbocycles. The third kappa shape index (κ3) is 3.55. The van der Waals surface area contributed by atoms with Crippen LogP contribution in [0.1, 0.15) is 127 Å². The minimum Gasteiger partial charge on any atom is -0.462 e. The van der Waals surface area contributed by atoms with Crippen LogP contribution in [0, 0.1) is 45.3 Å². The summed E-state index contributed by atoms with van der Waals surface area (Å²) in [4.78, 5) is 11.9. The zero-order chi connectivity index (χ0) is 26.5. The fraction of sp³-hybridized carbons (Fsp3) is 0.969. The van der Waals surface area contributed by atoms with Crippen molar-refractivity contribution in [3.8, 4) is 0 Å². The first-order valence-corrected chi connectivity index (χ1v) is 15.1. The molecule has 206 valence electrons. The van der Waals surface area contributed by atoms with E-state index in [1.165, 1.54) is 44.9 Å². The Morgan fingerprint density at radius 3 is 2.06 bits per heavy atom. The van der Waals surface area contributed by atoms with Crippen molar-refractivity contribution in [3.63, 3.8) is 0 Å². The molecule has 0 amide bonds. The van der Waals surface area contributed by atoms with E-state index < -0.39 is 5.60 Å². The molecule has 0 unspecified atom stereocenters. The van der Waals surface area contributed by atoms with Gasteiger partial charge in [0.25, 0.3) is 0 Å². The molecule has 0 spiro atoms. The maximum atomic E-state index is 11.9. The smallest absolute Gasteiger partial charge is 0.302 e. The SMILES string of the molecule is CC(=O)O[C@H]1CC[C@]2(C)[C@H]3CC[C@@H]4[C@@H]([C@]5(C)CC[C@H](O)C(C)(C)O5)CC[C@@]4(C)[C@]3(C)CC[C@H]2C1(C)C. The molecule has 0 bridgehead atoms. The molecule has 4 nitrogen and oxygen atoms in total. The van der Waals surface area contributed by atoms with Gasteiger partial charge in [0.1, 0.15) is 6.10 Å². The lowest BCUT2D eigenvalue weighted by molar-refractivity contribution is -0.254. The molecule has 1 aliphatic heterocycles. The molecule has 1 N–H and O–H groups in total. The van der Waals surface area contributed by atoms with Crippen LogP contribution >= 0.6 is 0 Å². The van der Waals surface area contributed by atoms with Crippen LogP contribution in [-0.4, -0.2) is 34.5 Å². The second kappa shape index (κ2) is 8.20. The summed E-state index contributed by atoms with van der Waals surface area (Å²) in [7, 11) is 0. The van der Waals surface area contributed by atoms with Crippen LogP contribution in [0.4, 0.5) is 0 Å². The highest BCUT2D eigenvalue weighted by Crippen LogP contribution is 2.76. The average Bonchev–Trinajstić information content (AvgIpc) is 3.12. The Balaban J connectivity index is 1.43. The first-order chi connectivity index (χ1) is 16.5. The van der Waals surface area contributed by atoms with Crippen LogP contribution in [-0.2, 0) is 14.3 Å². The lowest BCUT2D eigenvalue weighted by atomic mass is 9.35. The molecule has 0 radical (unpaired) electrons. The van der Waals surface area contributed by atoms with E-state index in [2.05, 4.69) is 55.4 Å². The number of rotatable bonds is 2. The minimum atomic E-state index is -0.467. The van der Waals surface area contributed by atoms with Crippen molar-refractivity contribution in [2.45, 2.75) is 150 Å². The number of carbonyl (C=O) groups excluding carboxylic acids is 1. The van der Waals surface area contributed by atoms with Gasteiger partial charge in [-0.2, -0.15) is 0 Å². The van der Waals surface area contributed by atoms with Gasteiger partial charge in [0.2, 0.25) is 0 Å². The van der Waals surface area contributed by atoms with Crippen molar-refractivity contribution >= 4 is 5.97 Å². The molecule has 0 aromatic heterocycles. The number of carbonyl (C=O) groups is 1. The van der Waals surface area contributed by atoms with Crippen molar-refractivity contribution in [1.82, 2.24) is 0 Å². The summed E-state index contributed by atoms with van der Waals surface area (Å²) in [5.74, 6) is 2.46. The Morgan fingerprint density at radius 1 is 0.750 bits per heavy atom. The molecule has 36 heavy (non-hydrogen) atoms. The third-order valence-electron chi connectivity index (χ3n) is 13.6. The monoisotopic (exact) mass is 502 g/mol. The first-order valence-electron chi connectivity index (χ1n) is 15.1. The maximum absolute atomic E-state index is 11.9. The van der Waals surface area contributed by atoms with E-state index in [1.54, 1.807) is 6.92 Å². The molecule has 1 heterocycles. The maximum Gasteiger partial charge on any atom is 0.302 e. The Hall–Kier alpha value is -0.610. The van der Waals surface area contributed by atoms with Crippen LogP contribution in [0.2, 0.25) is 0 Å². The van der Waals surface area contributed by atoms with Crippen molar-refractivity contribution in [3.05, 3.63) is 0 Å². The number of fused-ring (bicyclic) bond motifs is 5. The quantitative estimate of drug-likeness (QED) is 0.402. The molecule has 5 aliphatic rings. The largest absolute Gasteiger partial charge is 0.462 e. The van der Waals surface area contributed by atoms with Crippen molar-refractivity contribution < 1.29 is 19.4 Å². The van der Waals surface area contributed by atoms with E-state index in [0.29, 0.717) is 34.0 Å². The lowest BCUT2D eigenvalue weighted by Crippen LogP contribution is -2.64. The first kappa shape index (κ1) is 27.0. The van der Waals surface area contributed by atoms with Gasteiger partial charge in [-0.15, -0.1) is 0 Å².